The molecule has 84 valence electrons. The van der Waals surface area contributed by atoms with E-state index in [1.165, 1.54) is 5.56 Å². The maximum Gasteiger partial charge on any atom is 0.153 e. The molecule has 0 aliphatic heterocycles. The summed E-state index contributed by atoms with van der Waals surface area (Å²) in [6.45, 7) is 4.18. The number of nitrogens with one attached hydrogen (secondary N) is 1. The molecular weight excluding hydrogens is 266 g/mol. The van der Waals surface area contributed by atoms with E-state index in [2.05, 4.69) is 57.1 Å². The Labute approximate surface area is 103 Å². The van der Waals surface area contributed by atoms with Gasteiger partial charge in [0.25, 0.3) is 0 Å². The van der Waals surface area contributed by atoms with Gasteiger partial charge in [-0.25, -0.2) is 4.98 Å². The normalized spacial score (nSPS) is 11.0. The van der Waals surface area contributed by atoms with Crippen molar-refractivity contribution >= 4 is 15.9 Å². The molecule has 1 aromatic carbocycles. The van der Waals surface area contributed by atoms with E-state index in [0.717, 1.165) is 22.5 Å². The van der Waals surface area contributed by atoms with E-state index in [1.807, 2.05) is 12.1 Å². The van der Waals surface area contributed by atoms with Crippen LogP contribution >= 0.6 is 15.9 Å². The summed E-state index contributed by atoms with van der Waals surface area (Å²) in [5.74, 6) is 2.17. The zero-order valence-corrected chi connectivity index (χ0v) is 11.0. The fourth-order valence-electron chi connectivity index (χ4n) is 1.44. The summed E-state index contributed by atoms with van der Waals surface area (Å²) in [5, 5.41) is 7.16. The Morgan fingerprint density at radius 2 is 1.94 bits per heavy atom. The number of halogens is 1. The average Bonchev–Trinajstić information content (AvgIpc) is 2.70. The highest BCUT2D eigenvalue weighted by Gasteiger charge is 2.07. The van der Waals surface area contributed by atoms with E-state index in [0.29, 0.717) is 5.92 Å². The lowest BCUT2D eigenvalue weighted by atomic mass is 10.1. The topological polar surface area (TPSA) is 41.6 Å². The Hall–Kier alpha value is -1.16. The lowest BCUT2D eigenvalue weighted by Crippen LogP contribution is -1.92. The molecule has 0 fully saturated rings. The number of rotatable bonds is 3. The van der Waals surface area contributed by atoms with Gasteiger partial charge in [0.15, 0.2) is 5.82 Å². The summed E-state index contributed by atoms with van der Waals surface area (Å²) in [5.41, 5.74) is 1.23. The maximum absolute atomic E-state index is 4.45. The minimum absolute atomic E-state index is 0.370. The average molecular weight is 280 g/mol. The van der Waals surface area contributed by atoms with E-state index in [9.17, 15) is 0 Å². The highest BCUT2D eigenvalue weighted by atomic mass is 79.9. The number of H-pyrrole nitrogens is 1. The highest BCUT2D eigenvalue weighted by Crippen LogP contribution is 2.14. The molecule has 1 N–H and O–H groups in total. The highest BCUT2D eigenvalue weighted by molar-refractivity contribution is 9.10. The number of benzene rings is 1. The molecule has 2 aromatic rings. The number of nitrogens with zero attached hydrogens (tertiary/aromatic N) is 2. The van der Waals surface area contributed by atoms with Crippen LogP contribution in [0, 0.1) is 0 Å². The van der Waals surface area contributed by atoms with Crippen LogP contribution in [-0.4, -0.2) is 15.2 Å². The second kappa shape index (κ2) is 4.78. The number of hydrogen-bond donors (Lipinski definition) is 1. The van der Waals surface area contributed by atoms with Crippen LogP contribution in [0.15, 0.2) is 28.7 Å². The van der Waals surface area contributed by atoms with Crippen LogP contribution in [0.3, 0.4) is 0 Å². The van der Waals surface area contributed by atoms with Gasteiger partial charge in [-0.05, 0) is 17.7 Å². The van der Waals surface area contributed by atoms with Crippen molar-refractivity contribution in [3.8, 4) is 0 Å². The van der Waals surface area contributed by atoms with Crippen LogP contribution in [0.4, 0.5) is 0 Å². The zero-order chi connectivity index (χ0) is 11.5. The van der Waals surface area contributed by atoms with Gasteiger partial charge in [-0.3, -0.25) is 5.10 Å². The summed E-state index contributed by atoms with van der Waals surface area (Å²) in [4.78, 5) is 4.45. The summed E-state index contributed by atoms with van der Waals surface area (Å²) in [6.07, 6.45) is 0.799. The predicted octanol–water partition coefficient (Wildman–Crippen LogP) is 3.28. The molecule has 0 aliphatic rings. The monoisotopic (exact) mass is 279 g/mol. The SMILES string of the molecule is CC(C)c1n[nH]c(Cc2ccc(Br)cc2)n1. The molecule has 0 amide bonds. The lowest BCUT2D eigenvalue weighted by molar-refractivity contribution is 0.780. The lowest BCUT2D eigenvalue weighted by Gasteiger charge is -1.98. The minimum Gasteiger partial charge on any atom is -0.263 e. The van der Waals surface area contributed by atoms with Gasteiger partial charge in [-0.2, -0.15) is 5.10 Å². The van der Waals surface area contributed by atoms with Crippen LogP contribution < -0.4 is 0 Å². The first-order chi connectivity index (χ1) is 7.65. The van der Waals surface area contributed by atoms with Gasteiger partial charge < -0.3 is 0 Å². The van der Waals surface area contributed by atoms with Crippen LogP contribution in [0.5, 0.6) is 0 Å². The number of aromatic nitrogens is 3. The second-order valence-electron chi connectivity index (χ2n) is 4.10. The third kappa shape index (κ3) is 2.70. The van der Waals surface area contributed by atoms with Crippen molar-refractivity contribution in [2.45, 2.75) is 26.2 Å². The Balaban J connectivity index is 2.11. The first-order valence-corrected chi connectivity index (χ1v) is 6.10. The Bertz CT molecular complexity index is 459. The van der Waals surface area contributed by atoms with Crippen LogP contribution in [-0.2, 0) is 6.42 Å². The second-order valence-corrected chi connectivity index (χ2v) is 5.01. The van der Waals surface area contributed by atoms with Crippen molar-refractivity contribution in [2.75, 3.05) is 0 Å². The molecule has 0 unspecified atom stereocenters. The third-order valence-corrected chi connectivity index (χ3v) is 2.88. The van der Waals surface area contributed by atoms with E-state index in [-0.39, 0.29) is 0 Å². The van der Waals surface area contributed by atoms with Crippen molar-refractivity contribution in [2.24, 2.45) is 0 Å². The van der Waals surface area contributed by atoms with Crippen molar-refractivity contribution in [1.82, 2.24) is 15.2 Å². The molecule has 0 saturated carbocycles. The van der Waals surface area contributed by atoms with Gasteiger partial charge in [0.1, 0.15) is 5.82 Å². The Morgan fingerprint density at radius 3 is 2.50 bits per heavy atom. The number of aromatic amines is 1. The molecule has 0 atom stereocenters. The molecule has 0 saturated heterocycles. The van der Waals surface area contributed by atoms with Crippen LogP contribution in [0.2, 0.25) is 0 Å². The van der Waals surface area contributed by atoms with Crippen molar-refractivity contribution in [1.29, 1.82) is 0 Å². The van der Waals surface area contributed by atoms with E-state index in [4.69, 9.17) is 0 Å². The molecule has 0 bridgehead atoms. The Morgan fingerprint density at radius 1 is 1.25 bits per heavy atom. The van der Waals surface area contributed by atoms with Crippen LogP contribution in [0.1, 0.15) is 37.0 Å². The Kier molecular flexibility index (Phi) is 3.39. The van der Waals surface area contributed by atoms with Gasteiger partial charge in [0.2, 0.25) is 0 Å². The maximum atomic E-state index is 4.45. The molecule has 3 nitrogen and oxygen atoms in total. The summed E-state index contributed by atoms with van der Waals surface area (Å²) >= 11 is 3.42. The molecule has 16 heavy (non-hydrogen) atoms. The fourth-order valence-corrected chi connectivity index (χ4v) is 1.71. The van der Waals surface area contributed by atoms with Crippen molar-refractivity contribution in [3.63, 3.8) is 0 Å². The summed E-state index contributed by atoms with van der Waals surface area (Å²) in [6, 6.07) is 8.24. The van der Waals surface area contributed by atoms with Crippen molar-refractivity contribution < 1.29 is 0 Å². The summed E-state index contributed by atoms with van der Waals surface area (Å²) in [7, 11) is 0. The van der Waals surface area contributed by atoms with Crippen molar-refractivity contribution in [3.05, 3.63) is 46.0 Å². The molecule has 4 heteroatoms. The first kappa shape index (κ1) is 11.3. The van der Waals surface area contributed by atoms with Crippen LogP contribution in [0.25, 0.3) is 0 Å². The van der Waals surface area contributed by atoms with E-state index < -0.39 is 0 Å². The minimum atomic E-state index is 0.370. The largest absolute Gasteiger partial charge is 0.263 e. The predicted molar refractivity (Wildman–Crippen MR) is 67.4 cm³/mol. The summed E-state index contributed by atoms with van der Waals surface area (Å²) < 4.78 is 1.09. The van der Waals surface area contributed by atoms with E-state index in [1.54, 1.807) is 0 Å². The van der Waals surface area contributed by atoms with Gasteiger partial charge in [-0.15, -0.1) is 0 Å². The van der Waals surface area contributed by atoms with Gasteiger partial charge >= 0.3 is 0 Å². The molecular formula is C12H14BrN3. The third-order valence-electron chi connectivity index (χ3n) is 2.35. The van der Waals surface area contributed by atoms with Gasteiger partial charge in [0, 0.05) is 16.8 Å². The zero-order valence-electron chi connectivity index (χ0n) is 9.37. The molecule has 0 radical (unpaired) electrons. The number of hydrogen-bond acceptors (Lipinski definition) is 2. The quantitative estimate of drug-likeness (QED) is 0.937. The smallest absolute Gasteiger partial charge is 0.153 e. The molecule has 0 spiro atoms. The standard InChI is InChI=1S/C12H14BrN3/c1-8(2)12-14-11(15-16-12)7-9-3-5-10(13)6-4-9/h3-6,8H,7H2,1-2H3,(H,14,15,16). The molecule has 1 aromatic heterocycles. The van der Waals surface area contributed by atoms with E-state index >= 15 is 0 Å². The van der Waals surface area contributed by atoms with Gasteiger partial charge in [0.05, 0.1) is 0 Å². The van der Waals surface area contributed by atoms with Gasteiger partial charge in [-0.1, -0.05) is 41.9 Å². The molecule has 2 rings (SSSR count). The first-order valence-electron chi connectivity index (χ1n) is 5.31. The fraction of sp³-hybridized carbons (Fsp3) is 0.333. The molecule has 1 heterocycles. The molecule has 0 aliphatic carbocycles.